The molecular formula is C22H23N5S2. The lowest BCUT2D eigenvalue weighted by Crippen LogP contribution is -2.40. The Balaban J connectivity index is 1.31. The van der Waals surface area contributed by atoms with Crippen LogP contribution in [0.25, 0.3) is 15.9 Å². The fraction of sp³-hybridized carbons (Fsp3) is 0.409. The second kappa shape index (κ2) is 6.99. The highest BCUT2D eigenvalue weighted by molar-refractivity contribution is 8.00. The molecule has 5 nitrogen and oxygen atoms in total. The molecule has 29 heavy (non-hydrogen) atoms. The fourth-order valence-corrected chi connectivity index (χ4v) is 6.95. The van der Waals surface area contributed by atoms with E-state index in [2.05, 4.69) is 43.7 Å². The third kappa shape index (κ3) is 3.02. The third-order valence-electron chi connectivity index (χ3n) is 6.69. The van der Waals surface area contributed by atoms with Crippen LogP contribution in [-0.4, -0.2) is 32.4 Å². The maximum Gasteiger partial charge on any atom is 0.211 e. The Kier molecular flexibility index (Phi) is 4.27. The third-order valence-corrected chi connectivity index (χ3v) is 8.76. The summed E-state index contributed by atoms with van der Waals surface area (Å²) in [6.07, 6.45) is 14.2. The van der Waals surface area contributed by atoms with Crippen LogP contribution < -0.4 is 4.90 Å². The SMILES string of the molecule is c1cc(Sc2cnc(N3CCC4(CCCC4)CC3)n3ccnc23)c2scnc2c1. The van der Waals surface area contributed by atoms with Crippen LogP contribution in [-0.2, 0) is 0 Å². The molecule has 1 spiro atoms. The molecule has 0 radical (unpaired) electrons. The summed E-state index contributed by atoms with van der Waals surface area (Å²) in [6.45, 7) is 2.21. The predicted octanol–water partition coefficient (Wildman–Crippen LogP) is 5.65. The lowest BCUT2D eigenvalue weighted by Gasteiger charge is -2.39. The zero-order valence-electron chi connectivity index (χ0n) is 16.3. The van der Waals surface area contributed by atoms with Gasteiger partial charge in [0.2, 0.25) is 5.95 Å². The zero-order chi connectivity index (χ0) is 19.3. The van der Waals surface area contributed by atoms with Gasteiger partial charge >= 0.3 is 0 Å². The van der Waals surface area contributed by atoms with Crippen LogP contribution in [0.1, 0.15) is 38.5 Å². The van der Waals surface area contributed by atoms with Gasteiger partial charge in [0.25, 0.3) is 0 Å². The van der Waals surface area contributed by atoms with Gasteiger partial charge in [-0.2, -0.15) is 0 Å². The second-order valence-corrected chi connectivity index (χ2v) is 10.2. The van der Waals surface area contributed by atoms with Crippen molar-refractivity contribution in [1.82, 2.24) is 19.4 Å². The molecule has 1 aliphatic carbocycles. The van der Waals surface area contributed by atoms with E-state index < -0.39 is 0 Å². The van der Waals surface area contributed by atoms with Crippen LogP contribution in [0.4, 0.5) is 5.95 Å². The van der Waals surface area contributed by atoms with E-state index in [9.17, 15) is 0 Å². The zero-order valence-corrected chi connectivity index (χ0v) is 17.9. The minimum Gasteiger partial charge on any atom is -0.342 e. The smallest absolute Gasteiger partial charge is 0.211 e. The predicted molar refractivity (Wildman–Crippen MR) is 119 cm³/mol. The number of rotatable bonds is 3. The van der Waals surface area contributed by atoms with Crippen LogP contribution in [0.15, 0.2) is 52.1 Å². The lowest BCUT2D eigenvalue weighted by molar-refractivity contribution is 0.225. The highest BCUT2D eigenvalue weighted by atomic mass is 32.2. The number of nitrogens with zero attached hydrogens (tertiary/aromatic N) is 5. The van der Waals surface area contributed by atoms with E-state index in [1.807, 2.05) is 17.9 Å². The van der Waals surface area contributed by atoms with E-state index in [1.54, 1.807) is 23.1 Å². The number of hydrogen-bond donors (Lipinski definition) is 0. The molecule has 0 N–H and O–H groups in total. The highest BCUT2D eigenvalue weighted by Crippen LogP contribution is 2.46. The molecule has 1 aromatic carbocycles. The van der Waals surface area contributed by atoms with Gasteiger partial charge in [-0.05, 0) is 43.2 Å². The summed E-state index contributed by atoms with van der Waals surface area (Å²) in [5, 5.41) is 0. The molecule has 148 valence electrons. The van der Waals surface area contributed by atoms with Crippen LogP contribution in [0.3, 0.4) is 0 Å². The Morgan fingerprint density at radius 1 is 0.966 bits per heavy atom. The number of anilines is 1. The number of piperidine rings is 1. The first kappa shape index (κ1) is 17.7. The van der Waals surface area contributed by atoms with Crippen LogP contribution in [0.5, 0.6) is 0 Å². The summed E-state index contributed by atoms with van der Waals surface area (Å²) in [7, 11) is 0. The molecule has 7 heteroatoms. The fourth-order valence-electron chi connectivity index (χ4n) is 5.05. The average Bonchev–Trinajstić information content (AvgIpc) is 3.50. The lowest BCUT2D eigenvalue weighted by atomic mass is 9.77. The van der Waals surface area contributed by atoms with Crippen molar-refractivity contribution in [3.63, 3.8) is 0 Å². The van der Waals surface area contributed by atoms with Crippen molar-refractivity contribution in [1.29, 1.82) is 0 Å². The first-order valence-electron chi connectivity index (χ1n) is 10.4. The standard InChI is InChI=1S/C22H23N5S2/c1-2-7-22(6-1)8-11-26(12-9-22)21-24-14-18(20-23-10-13-27(20)21)29-17-5-3-4-16-19(17)28-15-25-16/h3-5,10,13-15H,1-2,6-9,11-12H2. The summed E-state index contributed by atoms with van der Waals surface area (Å²) in [5.74, 6) is 1.03. The van der Waals surface area contributed by atoms with Gasteiger partial charge in [0.1, 0.15) is 0 Å². The summed E-state index contributed by atoms with van der Waals surface area (Å²) < 4.78 is 3.39. The minimum absolute atomic E-state index is 0.619. The van der Waals surface area contributed by atoms with Gasteiger partial charge in [-0.3, -0.25) is 4.40 Å². The normalized spacial score (nSPS) is 19.0. The van der Waals surface area contributed by atoms with E-state index in [4.69, 9.17) is 4.98 Å². The van der Waals surface area contributed by atoms with Gasteiger partial charge in [-0.15, -0.1) is 11.3 Å². The summed E-state index contributed by atoms with van der Waals surface area (Å²) in [6, 6.07) is 6.29. The Morgan fingerprint density at radius 2 is 1.83 bits per heavy atom. The largest absolute Gasteiger partial charge is 0.342 e. The summed E-state index contributed by atoms with van der Waals surface area (Å²) in [4.78, 5) is 18.8. The van der Waals surface area contributed by atoms with Crippen LogP contribution in [0, 0.1) is 5.41 Å². The molecule has 0 bridgehead atoms. The molecule has 0 unspecified atom stereocenters. The monoisotopic (exact) mass is 421 g/mol. The highest BCUT2D eigenvalue weighted by Gasteiger charge is 2.37. The van der Waals surface area contributed by atoms with Crippen molar-refractivity contribution in [2.45, 2.75) is 48.3 Å². The van der Waals surface area contributed by atoms with Gasteiger partial charge in [0.05, 0.1) is 20.6 Å². The molecule has 0 amide bonds. The maximum absolute atomic E-state index is 4.90. The van der Waals surface area contributed by atoms with Gasteiger partial charge in [-0.25, -0.2) is 15.0 Å². The van der Waals surface area contributed by atoms with Gasteiger partial charge in [0.15, 0.2) is 5.65 Å². The topological polar surface area (TPSA) is 46.3 Å². The quantitative estimate of drug-likeness (QED) is 0.428. The Morgan fingerprint density at radius 3 is 2.69 bits per heavy atom. The Hall–Kier alpha value is -2.12. The van der Waals surface area contributed by atoms with Crippen molar-refractivity contribution >= 4 is 44.9 Å². The molecule has 6 rings (SSSR count). The molecule has 1 aliphatic heterocycles. The number of imidazole rings is 1. The molecule has 4 aromatic rings. The molecule has 0 atom stereocenters. The molecule has 2 fully saturated rings. The molecule has 2 aliphatic rings. The first-order valence-corrected chi connectivity index (χ1v) is 12.1. The minimum atomic E-state index is 0.619. The summed E-state index contributed by atoms with van der Waals surface area (Å²) >= 11 is 3.42. The first-order chi connectivity index (χ1) is 14.3. The van der Waals surface area contributed by atoms with E-state index in [1.165, 1.54) is 48.1 Å². The van der Waals surface area contributed by atoms with Crippen molar-refractivity contribution in [3.05, 3.63) is 42.3 Å². The number of fused-ring (bicyclic) bond motifs is 2. The number of thiazole rings is 1. The maximum atomic E-state index is 4.90. The van der Waals surface area contributed by atoms with Gasteiger partial charge in [0, 0.05) is 36.6 Å². The molecule has 1 saturated heterocycles. The van der Waals surface area contributed by atoms with Crippen molar-refractivity contribution in [3.8, 4) is 0 Å². The Labute approximate surface area is 178 Å². The van der Waals surface area contributed by atoms with E-state index in [0.29, 0.717) is 5.41 Å². The number of benzene rings is 1. The van der Waals surface area contributed by atoms with Gasteiger partial charge in [-0.1, -0.05) is 30.7 Å². The van der Waals surface area contributed by atoms with E-state index in [-0.39, 0.29) is 0 Å². The molecular weight excluding hydrogens is 398 g/mol. The molecule has 1 saturated carbocycles. The molecule has 4 heterocycles. The summed E-state index contributed by atoms with van der Waals surface area (Å²) in [5.41, 5.74) is 4.57. The molecule has 3 aromatic heterocycles. The van der Waals surface area contributed by atoms with Crippen LogP contribution in [0.2, 0.25) is 0 Å². The van der Waals surface area contributed by atoms with Crippen LogP contribution >= 0.6 is 23.1 Å². The average molecular weight is 422 g/mol. The number of aromatic nitrogens is 4. The Bertz CT molecular complexity index is 1160. The van der Waals surface area contributed by atoms with E-state index >= 15 is 0 Å². The second-order valence-electron chi connectivity index (χ2n) is 8.30. The number of hydrogen-bond acceptors (Lipinski definition) is 6. The van der Waals surface area contributed by atoms with Crippen molar-refractivity contribution in [2.75, 3.05) is 18.0 Å². The van der Waals surface area contributed by atoms with E-state index in [0.717, 1.165) is 35.1 Å². The van der Waals surface area contributed by atoms with Crippen molar-refractivity contribution in [2.24, 2.45) is 5.41 Å². The van der Waals surface area contributed by atoms with Gasteiger partial charge < -0.3 is 4.90 Å². The van der Waals surface area contributed by atoms with Crippen molar-refractivity contribution < 1.29 is 0 Å².